The van der Waals surface area contributed by atoms with Gasteiger partial charge in [-0.1, -0.05) is 29.8 Å². The van der Waals surface area contributed by atoms with Gasteiger partial charge >= 0.3 is 0 Å². The van der Waals surface area contributed by atoms with Crippen LogP contribution in [0.2, 0.25) is 5.15 Å². The lowest BCUT2D eigenvalue weighted by atomic mass is 9.97. The third kappa shape index (κ3) is 4.06. The molecule has 0 bridgehead atoms. The van der Waals surface area contributed by atoms with Gasteiger partial charge in [0, 0.05) is 36.7 Å². The van der Waals surface area contributed by atoms with Gasteiger partial charge in [-0.05, 0) is 43.0 Å². The lowest BCUT2D eigenvalue weighted by molar-refractivity contribution is -0.125. The first-order chi connectivity index (χ1) is 13.2. The number of H-pyrrole nitrogens is 1. The van der Waals surface area contributed by atoms with Crippen LogP contribution in [0.1, 0.15) is 18.4 Å². The molecule has 1 amide bonds. The molecule has 3 aromatic rings. The molecule has 1 saturated heterocycles. The molecule has 7 heteroatoms. The summed E-state index contributed by atoms with van der Waals surface area (Å²) in [5, 5.41) is 12.7. The van der Waals surface area contributed by atoms with E-state index in [0.29, 0.717) is 18.2 Å². The van der Waals surface area contributed by atoms with Crippen LogP contribution in [-0.2, 0) is 11.2 Å². The number of rotatable bonds is 5. The zero-order valence-corrected chi connectivity index (χ0v) is 15.7. The van der Waals surface area contributed by atoms with E-state index in [2.05, 4.69) is 37.5 Å². The van der Waals surface area contributed by atoms with Crippen LogP contribution >= 0.6 is 11.6 Å². The summed E-state index contributed by atoms with van der Waals surface area (Å²) in [6, 6.07) is 11.8. The number of aromatic nitrogens is 3. The smallest absolute Gasteiger partial charge is 0.224 e. The van der Waals surface area contributed by atoms with Crippen molar-refractivity contribution < 1.29 is 4.79 Å². The van der Waals surface area contributed by atoms with E-state index in [1.807, 2.05) is 24.4 Å². The van der Waals surface area contributed by atoms with E-state index in [4.69, 9.17) is 11.6 Å². The molecule has 6 nitrogen and oxygen atoms in total. The molecule has 1 aliphatic rings. The van der Waals surface area contributed by atoms with Crippen molar-refractivity contribution in [1.82, 2.24) is 20.5 Å². The van der Waals surface area contributed by atoms with Crippen LogP contribution in [0.5, 0.6) is 0 Å². The summed E-state index contributed by atoms with van der Waals surface area (Å²) in [6.07, 6.45) is 4.70. The predicted molar refractivity (Wildman–Crippen MR) is 107 cm³/mol. The second kappa shape index (κ2) is 7.96. The Morgan fingerprint density at radius 2 is 2.15 bits per heavy atom. The molecule has 1 unspecified atom stereocenters. The monoisotopic (exact) mass is 383 g/mol. The molecule has 1 aromatic carbocycles. The molecular formula is C20H22ClN5O. The largest absolute Gasteiger partial charge is 0.361 e. The van der Waals surface area contributed by atoms with Crippen molar-refractivity contribution in [3.63, 3.8) is 0 Å². The highest BCUT2D eigenvalue weighted by Crippen LogP contribution is 2.22. The minimum absolute atomic E-state index is 0.0285. The molecule has 3 heterocycles. The van der Waals surface area contributed by atoms with Crippen molar-refractivity contribution in [3.05, 3.63) is 53.3 Å². The molecule has 0 aliphatic carbocycles. The molecule has 0 saturated carbocycles. The van der Waals surface area contributed by atoms with E-state index in [0.717, 1.165) is 37.1 Å². The van der Waals surface area contributed by atoms with Crippen molar-refractivity contribution in [3.8, 4) is 0 Å². The van der Waals surface area contributed by atoms with E-state index >= 15 is 0 Å². The average Bonchev–Trinajstić information content (AvgIpc) is 3.12. The van der Waals surface area contributed by atoms with Crippen LogP contribution in [0.4, 0.5) is 5.82 Å². The SMILES string of the molecule is O=C(NCCc1c[nH]c2ccccc12)C1CCCN(c2ccc(Cl)nn2)C1. The summed E-state index contributed by atoms with van der Waals surface area (Å²) >= 11 is 5.81. The Balaban J connectivity index is 1.32. The van der Waals surface area contributed by atoms with Gasteiger partial charge in [-0.2, -0.15) is 0 Å². The van der Waals surface area contributed by atoms with Crippen molar-refractivity contribution in [1.29, 1.82) is 0 Å². The number of amides is 1. The first-order valence-electron chi connectivity index (χ1n) is 9.27. The third-order valence-corrected chi connectivity index (χ3v) is 5.30. The Labute approximate surface area is 162 Å². The standard InChI is InChI=1S/C20H22ClN5O/c21-18-7-8-19(25-24-18)26-11-3-4-15(13-26)20(27)22-10-9-14-12-23-17-6-2-1-5-16(14)17/h1-2,5-8,12,15,23H,3-4,9-11,13H2,(H,22,27). The Morgan fingerprint density at radius 3 is 3.00 bits per heavy atom. The van der Waals surface area contributed by atoms with E-state index < -0.39 is 0 Å². The first kappa shape index (κ1) is 17.8. The van der Waals surface area contributed by atoms with Crippen LogP contribution in [0, 0.1) is 5.92 Å². The Morgan fingerprint density at radius 1 is 1.26 bits per heavy atom. The summed E-state index contributed by atoms with van der Waals surface area (Å²) in [6.45, 7) is 2.18. The number of hydrogen-bond donors (Lipinski definition) is 2. The summed E-state index contributed by atoms with van der Waals surface area (Å²) < 4.78 is 0. The van der Waals surface area contributed by atoms with Crippen molar-refractivity contribution in [2.24, 2.45) is 5.92 Å². The number of hydrogen-bond acceptors (Lipinski definition) is 4. The summed E-state index contributed by atoms with van der Waals surface area (Å²) in [5.74, 6) is 0.858. The number of aromatic amines is 1. The molecule has 1 fully saturated rings. The maximum absolute atomic E-state index is 12.6. The van der Waals surface area contributed by atoms with E-state index in [1.54, 1.807) is 6.07 Å². The molecule has 4 rings (SSSR count). The zero-order valence-electron chi connectivity index (χ0n) is 15.0. The van der Waals surface area contributed by atoms with Gasteiger partial charge in [0.05, 0.1) is 5.92 Å². The fourth-order valence-electron chi connectivity index (χ4n) is 3.68. The fourth-order valence-corrected chi connectivity index (χ4v) is 3.78. The van der Waals surface area contributed by atoms with Crippen molar-refractivity contribution >= 4 is 34.2 Å². The number of nitrogens with zero attached hydrogens (tertiary/aromatic N) is 3. The van der Waals surface area contributed by atoms with Crippen molar-refractivity contribution in [2.75, 3.05) is 24.5 Å². The maximum atomic E-state index is 12.6. The molecule has 1 atom stereocenters. The van der Waals surface area contributed by atoms with Crippen LogP contribution < -0.4 is 10.2 Å². The van der Waals surface area contributed by atoms with Gasteiger partial charge in [0.15, 0.2) is 11.0 Å². The van der Waals surface area contributed by atoms with E-state index in [-0.39, 0.29) is 11.8 Å². The number of para-hydroxylation sites is 1. The third-order valence-electron chi connectivity index (χ3n) is 5.10. The predicted octanol–water partition coefficient (Wildman–Crippen LogP) is 3.19. The molecule has 2 aromatic heterocycles. The molecule has 140 valence electrons. The number of carbonyl (C=O) groups is 1. The average molecular weight is 384 g/mol. The van der Waals surface area contributed by atoms with Gasteiger partial charge in [-0.25, -0.2) is 0 Å². The molecule has 0 radical (unpaired) electrons. The Hall–Kier alpha value is -2.60. The van der Waals surface area contributed by atoms with Crippen LogP contribution in [0.15, 0.2) is 42.6 Å². The zero-order chi connectivity index (χ0) is 18.6. The normalized spacial score (nSPS) is 17.2. The molecule has 27 heavy (non-hydrogen) atoms. The quantitative estimate of drug-likeness (QED) is 0.709. The summed E-state index contributed by atoms with van der Waals surface area (Å²) in [5.41, 5.74) is 2.36. The second-order valence-corrected chi connectivity index (χ2v) is 7.29. The molecular weight excluding hydrogens is 362 g/mol. The van der Waals surface area contributed by atoms with Crippen LogP contribution in [-0.4, -0.2) is 40.7 Å². The lowest BCUT2D eigenvalue weighted by Crippen LogP contribution is -2.43. The number of nitrogens with one attached hydrogen (secondary N) is 2. The summed E-state index contributed by atoms with van der Waals surface area (Å²) in [7, 11) is 0. The minimum Gasteiger partial charge on any atom is -0.361 e. The number of fused-ring (bicyclic) bond motifs is 1. The highest BCUT2D eigenvalue weighted by atomic mass is 35.5. The highest BCUT2D eigenvalue weighted by molar-refractivity contribution is 6.29. The van der Waals surface area contributed by atoms with Gasteiger partial charge in [0.25, 0.3) is 0 Å². The topological polar surface area (TPSA) is 73.9 Å². The first-order valence-corrected chi connectivity index (χ1v) is 9.65. The Bertz CT molecular complexity index is 924. The fraction of sp³-hybridized carbons (Fsp3) is 0.350. The molecule has 0 spiro atoms. The number of piperidine rings is 1. The number of halogens is 1. The van der Waals surface area contributed by atoms with Gasteiger partial charge in [0.1, 0.15) is 0 Å². The van der Waals surface area contributed by atoms with E-state index in [9.17, 15) is 4.79 Å². The van der Waals surface area contributed by atoms with Crippen molar-refractivity contribution in [2.45, 2.75) is 19.3 Å². The maximum Gasteiger partial charge on any atom is 0.224 e. The lowest BCUT2D eigenvalue weighted by Gasteiger charge is -2.32. The second-order valence-electron chi connectivity index (χ2n) is 6.90. The molecule has 2 N–H and O–H groups in total. The Kier molecular flexibility index (Phi) is 5.25. The summed E-state index contributed by atoms with van der Waals surface area (Å²) in [4.78, 5) is 18.0. The van der Waals surface area contributed by atoms with Gasteiger partial charge in [0.2, 0.25) is 5.91 Å². The number of benzene rings is 1. The number of carbonyl (C=O) groups excluding carboxylic acids is 1. The molecule has 1 aliphatic heterocycles. The highest BCUT2D eigenvalue weighted by Gasteiger charge is 2.26. The van der Waals surface area contributed by atoms with E-state index in [1.165, 1.54) is 10.9 Å². The van der Waals surface area contributed by atoms with Gasteiger partial charge < -0.3 is 15.2 Å². The van der Waals surface area contributed by atoms with Gasteiger partial charge in [-0.15, -0.1) is 10.2 Å². The minimum atomic E-state index is -0.0285. The van der Waals surface area contributed by atoms with Crippen LogP contribution in [0.25, 0.3) is 10.9 Å². The number of anilines is 1. The van der Waals surface area contributed by atoms with Crippen LogP contribution in [0.3, 0.4) is 0 Å². The van der Waals surface area contributed by atoms with Gasteiger partial charge in [-0.3, -0.25) is 4.79 Å².